The summed E-state index contributed by atoms with van der Waals surface area (Å²) in [6.07, 6.45) is 1.81. The van der Waals surface area contributed by atoms with Gasteiger partial charge in [-0.15, -0.1) is 0 Å². The van der Waals surface area contributed by atoms with Gasteiger partial charge >= 0.3 is 23.9 Å². The first-order valence-corrected chi connectivity index (χ1v) is 7.88. The molecule has 0 N–H and O–H groups in total. The van der Waals surface area contributed by atoms with Crippen LogP contribution in [0, 0.1) is 11.8 Å². The summed E-state index contributed by atoms with van der Waals surface area (Å²) in [5, 5.41) is 0. The molecule has 6 heteroatoms. The molecule has 126 valence electrons. The summed E-state index contributed by atoms with van der Waals surface area (Å²) in [6.45, 7) is 7.34. The zero-order valence-electron chi connectivity index (χ0n) is 13.8. The lowest BCUT2D eigenvalue weighted by molar-refractivity contribution is -0.168. The first-order valence-electron chi connectivity index (χ1n) is 7.88. The smallest absolute Gasteiger partial charge is 0.316 e. The van der Waals surface area contributed by atoms with Gasteiger partial charge in [-0.25, -0.2) is 0 Å². The van der Waals surface area contributed by atoms with Gasteiger partial charge in [0.15, 0.2) is 0 Å². The van der Waals surface area contributed by atoms with Crippen molar-refractivity contribution in [3.8, 4) is 0 Å². The van der Waals surface area contributed by atoms with Gasteiger partial charge < -0.3 is 9.47 Å². The maximum absolute atomic E-state index is 11.6. The topological polar surface area (TPSA) is 86.7 Å². The third kappa shape index (κ3) is 7.33. The standard InChI is InChI=1S/C16H26O6/c1-5-11(6-2)15(19)21-13(17)9-10-14(18)22-16(20)12(7-3)8-4/h11-12H,5-10H2,1-4H3. The average molecular weight is 314 g/mol. The molecule has 0 heterocycles. The second-order valence-corrected chi connectivity index (χ2v) is 5.11. The summed E-state index contributed by atoms with van der Waals surface area (Å²) in [5.74, 6) is -3.32. The van der Waals surface area contributed by atoms with Crippen molar-refractivity contribution in [1.29, 1.82) is 0 Å². The van der Waals surface area contributed by atoms with Gasteiger partial charge in [-0.2, -0.15) is 0 Å². The second kappa shape index (κ2) is 10.9. The molecule has 0 aliphatic carbocycles. The number of hydrogen-bond acceptors (Lipinski definition) is 6. The highest BCUT2D eigenvalue weighted by atomic mass is 16.6. The molecule has 0 aromatic carbocycles. The predicted molar refractivity (Wildman–Crippen MR) is 79.6 cm³/mol. The number of ether oxygens (including phenoxy) is 2. The number of hydrogen-bond donors (Lipinski definition) is 0. The monoisotopic (exact) mass is 314 g/mol. The van der Waals surface area contributed by atoms with Crippen LogP contribution in [0.15, 0.2) is 0 Å². The number of carbonyl (C=O) groups excluding carboxylic acids is 4. The lowest BCUT2D eigenvalue weighted by Gasteiger charge is -2.11. The fraction of sp³-hybridized carbons (Fsp3) is 0.750. The number of rotatable bonds is 9. The minimum absolute atomic E-state index is 0.277. The molecule has 0 aromatic rings. The van der Waals surface area contributed by atoms with Crippen LogP contribution in [0.2, 0.25) is 0 Å². The van der Waals surface area contributed by atoms with Crippen molar-refractivity contribution in [1.82, 2.24) is 0 Å². The van der Waals surface area contributed by atoms with Crippen LogP contribution in [0.1, 0.15) is 66.2 Å². The molecule has 0 unspecified atom stereocenters. The molecule has 0 spiro atoms. The highest BCUT2D eigenvalue weighted by Gasteiger charge is 2.22. The Morgan fingerprint density at radius 2 is 0.909 bits per heavy atom. The third-order valence-corrected chi connectivity index (χ3v) is 3.60. The van der Waals surface area contributed by atoms with Crippen molar-refractivity contribution < 1.29 is 28.7 Å². The molecule has 0 saturated heterocycles. The molecule has 0 aliphatic heterocycles. The normalized spacial score (nSPS) is 10.6. The minimum Gasteiger partial charge on any atom is -0.393 e. The number of carbonyl (C=O) groups is 4. The number of esters is 4. The molecule has 0 amide bonds. The van der Waals surface area contributed by atoms with Crippen molar-refractivity contribution in [2.75, 3.05) is 0 Å². The Morgan fingerprint density at radius 1 is 0.636 bits per heavy atom. The van der Waals surface area contributed by atoms with Crippen LogP contribution >= 0.6 is 0 Å². The summed E-state index contributed by atoms with van der Waals surface area (Å²) < 4.78 is 9.34. The van der Waals surface area contributed by atoms with E-state index in [0.717, 1.165) is 0 Å². The highest BCUT2D eigenvalue weighted by Crippen LogP contribution is 2.12. The van der Waals surface area contributed by atoms with E-state index in [0.29, 0.717) is 25.7 Å². The van der Waals surface area contributed by atoms with E-state index in [-0.39, 0.29) is 24.7 Å². The molecule has 22 heavy (non-hydrogen) atoms. The van der Waals surface area contributed by atoms with Crippen LogP contribution in [-0.4, -0.2) is 23.9 Å². The van der Waals surface area contributed by atoms with E-state index >= 15 is 0 Å². The van der Waals surface area contributed by atoms with Crippen LogP contribution in [0.4, 0.5) is 0 Å². The van der Waals surface area contributed by atoms with E-state index in [1.807, 2.05) is 27.7 Å². The lowest BCUT2D eigenvalue weighted by atomic mass is 10.0. The summed E-state index contributed by atoms with van der Waals surface area (Å²) in [4.78, 5) is 46.2. The SMILES string of the molecule is CCC(CC)C(=O)OC(=O)CCC(=O)OC(=O)C(CC)CC. The van der Waals surface area contributed by atoms with Gasteiger partial charge in [0.05, 0.1) is 24.7 Å². The predicted octanol–water partition coefficient (Wildman–Crippen LogP) is 2.78. The van der Waals surface area contributed by atoms with Crippen LogP contribution in [0.5, 0.6) is 0 Å². The average Bonchev–Trinajstić information content (AvgIpc) is 2.47. The fourth-order valence-corrected chi connectivity index (χ4v) is 1.94. The Balaban J connectivity index is 4.17. The zero-order valence-corrected chi connectivity index (χ0v) is 13.8. The van der Waals surface area contributed by atoms with Crippen LogP contribution < -0.4 is 0 Å². The van der Waals surface area contributed by atoms with Crippen molar-refractivity contribution >= 4 is 23.9 Å². The van der Waals surface area contributed by atoms with Gasteiger partial charge in [0, 0.05) is 0 Å². The minimum atomic E-state index is -0.774. The van der Waals surface area contributed by atoms with Crippen molar-refractivity contribution in [2.45, 2.75) is 66.2 Å². The Morgan fingerprint density at radius 3 is 1.14 bits per heavy atom. The van der Waals surface area contributed by atoms with E-state index in [2.05, 4.69) is 9.47 Å². The molecule has 0 saturated carbocycles. The van der Waals surface area contributed by atoms with Gasteiger partial charge in [-0.3, -0.25) is 19.2 Å². The Kier molecular flexibility index (Phi) is 10.1. The summed E-state index contributed by atoms with van der Waals surface area (Å²) >= 11 is 0. The summed E-state index contributed by atoms with van der Waals surface area (Å²) in [7, 11) is 0. The largest absolute Gasteiger partial charge is 0.393 e. The van der Waals surface area contributed by atoms with Gasteiger partial charge in [-0.05, 0) is 25.7 Å². The zero-order chi connectivity index (χ0) is 17.1. The van der Waals surface area contributed by atoms with E-state index in [9.17, 15) is 19.2 Å². The molecule has 0 fully saturated rings. The molecule has 0 bridgehead atoms. The third-order valence-electron chi connectivity index (χ3n) is 3.60. The van der Waals surface area contributed by atoms with E-state index in [1.54, 1.807) is 0 Å². The maximum Gasteiger partial charge on any atom is 0.316 e. The molecule has 0 aliphatic rings. The van der Waals surface area contributed by atoms with Gasteiger partial charge in [0.25, 0.3) is 0 Å². The highest BCUT2D eigenvalue weighted by molar-refractivity contribution is 5.90. The first kappa shape index (κ1) is 20.3. The van der Waals surface area contributed by atoms with Crippen molar-refractivity contribution in [2.24, 2.45) is 11.8 Å². The molecule has 0 aromatic heterocycles. The van der Waals surface area contributed by atoms with Crippen molar-refractivity contribution in [3.63, 3.8) is 0 Å². The maximum atomic E-state index is 11.6. The Hall–Kier alpha value is -1.72. The van der Waals surface area contributed by atoms with Crippen LogP contribution in [-0.2, 0) is 28.7 Å². The Labute approximate surface area is 131 Å². The molecule has 6 nitrogen and oxygen atoms in total. The molecular weight excluding hydrogens is 288 g/mol. The summed E-state index contributed by atoms with van der Waals surface area (Å²) in [5.41, 5.74) is 0. The van der Waals surface area contributed by atoms with Crippen LogP contribution in [0.25, 0.3) is 0 Å². The van der Waals surface area contributed by atoms with Crippen molar-refractivity contribution in [3.05, 3.63) is 0 Å². The molecule has 0 rings (SSSR count). The van der Waals surface area contributed by atoms with Crippen LogP contribution in [0.3, 0.4) is 0 Å². The van der Waals surface area contributed by atoms with Gasteiger partial charge in [0.1, 0.15) is 0 Å². The van der Waals surface area contributed by atoms with E-state index in [4.69, 9.17) is 0 Å². The summed E-state index contributed by atoms with van der Waals surface area (Å²) in [6, 6.07) is 0. The fourth-order valence-electron chi connectivity index (χ4n) is 1.94. The molecular formula is C16H26O6. The second-order valence-electron chi connectivity index (χ2n) is 5.11. The van der Waals surface area contributed by atoms with E-state index in [1.165, 1.54) is 0 Å². The first-order chi connectivity index (χ1) is 10.4. The van der Waals surface area contributed by atoms with Gasteiger partial charge in [-0.1, -0.05) is 27.7 Å². The lowest BCUT2D eigenvalue weighted by Crippen LogP contribution is -2.23. The van der Waals surface area contributed by atoms with Gasteiger partial charge in [0.2, 0.25) is 0 Å². The Bertz CT molecular complexity index is 355. The van der Waals surface area contributed by atoms with E-state index < -0.39 is 23.9 Å². The molecule has 0 radical (unpaired) electrons. The quantitative estimate of drug-likeness (QED) is 0.480. The molecule has 0 atom stereocenters.